The Kier molecular flexibility index (Phi) is 6.09. The van der Waals surface area contributed by atoms with E-state index in [1.165, 1.54) is 25.7 Å². The maximum Gasteiger partial charge on any atom is 0.323 e. The van der Waals surface area contributed by atoms with Crippen LogP contribution in [0.25, 0.3) is 0 Å². The zero-order chi connectivity index (χ0) is 13.6. The number of carboxylic acid groups (broad SMARTS) is 1. The van der Waals surface area contributed by atoms with Gasteiger partial charge in [0.05, 0.1) is 6.10 Å². The van der Waals surface area contributed by atoms with Gasteiger partial charge in [0, 0.05) is 6.61 Å². The second-order valence-electron chi connectivity index (χ2n) is 5.94. The molecule has 0 radical (unpaired) electrons. The van der Waals surface area contributed by atoms with Crippen LogP contribution >= 0.6 is 0 Å². The van der Waals surface area contributed by atoms with Crippen LogP contribution in [0, 0.1) is 5.92 Å². The topological polar surface area (TPSA) is 72.5 Å². The molecule has 18 heavy (non-hydrogen) atoms. The molecule has 1 saturated carbocycles. The molecule has 3 atom stereocenters. The Morgan fingerprint density at radius 2 is 2.17 bits per heavy atom. The molecule has 0 bridgehead atoms. The smallest absolute Gasteiger partial charge is 0.323 e. The molecule has 0 saturated heterocycles. The Labute approximate surface area is 110 Å². The van der Waals surface area contributed by atoms with Crippen molar-refractivity contribution in [1.29, 1.82) is 0 Å². The van der Waals surface area contributed by atoms with Gasteiger partial charge in [-0.25, -0.2) is 0 Å². The monoisotopic (exact) mass is 257 g/mol. The number of rotatable bonds is 7. The lowest BCUT2D eigenvalue weighted by Crippen LogP contribution is -2.44. The first kappa shape index (κ1) is 15.4. The van der Waals surface area contributed by atoms with Gasteiger partial charge in [-0.1, -0.05) is 19.8 Å². The van der Waals surface area contributed by atoms with Crippen LogP contribution in [-0.2, 0) is 9.53 Å². The van der Waals surface area contributed by atoms with Gasteiger partial charge in [0.15, 0.2) is 0 Å². The number of aliphatic carboxylic acids is 1. The lowest BCUT2D eigenvalue weighted by atomic mass is 9.89. The molecule has 0 spiro atoms. The van der Waals surface area contributed by atoms with E-state index < -0.39 is 11.5 Å². The summed E-state index contributed by atoms with van der Waals surface area (Å²) in [6.45, 7) is 4.58. The van der Waals surface area contributed by atoms with Crippen molar-refractivity contribution in [2.75, 3.05) is 6.61 Å². The van der Waals surface area contributed by atoms with E-state index in [4.69, 9.17) is 15.6 Å². The Morgan fingerprint density at radius 3 is 2.78 bits per heavy atom. The van der Waals surface area contributed by atoms with Crippen molar-refractivity contribution in [1.82, 2.24) is 0 Å². The van der Waals surface area contributed by atoms with Gasteiger partial charge >= 0.3 is 5.97 Å². The first-order valence-electron chi connectivity index (χ1n) is 7.05. The Bertz CT molecular complexity index is 266. The van der Waals surface area contributed by atoms with Crippen LogP contribution < -0.4 is 5.73 Å². The van der Waals surface area contributed by atoms with Gasteiger partial charge < -0.3 is 15.6 Å². The standard InChI is InChI=1S/C14H27NO3/c1-11-6-5-7-12(10-11)18-9-4-3-8-14(2,15)13(16)17/h11-12H,3-10,15H2,1-2H3,(H,16,17). The maximum absolute atomic E-state index is 10.8. The van der Waals surface area contributed by atoms with E-state index in [0.29, 0.717) is 12.5 Å². The zero-order valence-electron chi connectivity index (χ0n) is 11.7. The third-order valence-electron chi connectivity index (χ3n) is 3.82. The first-order valence-corrected chi connectivity index (χ1v) is 7.05. The van der Waals surface area contributed by atoms with Crippen molar-refractivity contribution in [3.8, 4) is 0 Å². The summed E-state index contributed by atoms with van der Waals surface area (Å²) < 4.78 is 5.84. The molecular weight excluding hydrogens is 230 g/mol. The van der Waals surface area contributed by atoms with E-state index in [1.807, 2.05) is 0 Å². The van der Waals surface area contributed by atoms with Crippen LogP contribution in [0.2, 0.25) is 0 Å². The predicted octanol–water partition coefficient (Wildman–Crippen LogP) is 2.55. The summed E-state index contributed by atoms with van der Waals surface area (Å²) in [4.78, 5) is 10.8. The summed E-state index contributed by atoms with van der Waals surface area (Å²) in [6, 6.07) is 0. The molecular formula is C14H27NO3. The summed E-state index contributed by atoms with van der Waals surface area (Å²) in [7, 11) is 0. The minimum Gasteiger partial charge on any atom is -0.480 e. The molecule has 1 rings (SSSR count). The average molecular weight is 257 g/mol. The number of hydrogen-bond donors (Lipinski definition) is 2. The predicted molar refractivity (Wildman–Crippen MR) is 71.5 cm³/mol. The molecule has 3 unspecified atom stereocenters. The summed E-state index contributed by atoms with van der Waals surface area (Å²) in [5.74, 6) is -0.146. The van der Waals surface area contributed by atoms with Crippen molar-refractivity contribution in [2.24, 2.45) is 11.7 Å². The van der Waals surface area contributed by atoms with E-state index in [2.05, 4.69) is 6.92 Å². The molecule has 0 aromatic heterocycles. The first-order chi connectivity index (χ1) is 8.42. The van der Waals surface area contributed by atoms with E-state index >= 15 is 0 Å². The number of nitrogens with two attached hydrogens (primary N) is 1. The van der Waals surface area contributed by atoms with Gasteiger partial charge in [0.2, 0.25) is 0 Å². The highest BCUT2D eigenvalue weighted by Crippen LogP contribution is 2.25. The molecule has 0 aromatic carbocycles. The summed E-state index contributed by atoms with van der Waals surface area (Å²) in [5, 5.41) is 8.87. The molecule has 4 heteroatoms. The van der Waals surface area contributed by atoms with Gasteiger partial charge in [-0.3, -0.25) is 4.79 Å². The molecule has 1 aliphatic carbocycles. The van der Waals surface area contributed by atoms with Crippen LogP contribution in [0.3, 0.4) is 0 Å². The lowest BCUT2D eigenvalue weighted by Gasteiger charge is -2.27. The lowest BCUT2D eigenvalue weighted by molar-refractivity contribution is -0.143. The van der Waals surface area contributed by atoms with Crippen LogP contribution in [0.4, 0.5) is 0 Å². The second-order valence-corrected chi connectivity index (χ2v) is 5.94. The number of unbranched alkanes of at least 4 members (excludes halogenated alkanes) is 1. The molecule has 1 fully saturated rings. The van der Waals surface area contributed by atoms with E-state index in [9.17, 15) is 4.79 Å². The van der Waals surface area contributed by atoms with Crippen LogP contribution in [0.15, 0.2) is 0 Å². The quantitative estimate of drug-likeness (QED) is 0.687. The molecule has 0 heterocycles. The maximum atomic E-state index is 10.8. The fraction of sp³-hybridized carbons (Fsp3) is 0.929. The van der Waals surface area contributed by atoms with Gasteiger partial charge in [-0.2, -0.15) is 0 Å². The van der Waals surface area contributed by atoms with E-state index in [1.54, 1.807) is 6.92 Å². The summed E-state index contributed by atoms with van der Waals surface area (Å²) in [6.07, 6.45) is 7.56. The number of hydrogen-bond acceptors (Lipinski definition) is 3. The Morgan fingerprint density at radius 1 is 1.44 bits per heavy atom. The van der Waals surface area contributed by atoms with Crippen molar-refractivity contribution < 1.29 is 14.6 Å². The minimum absolute atomic E-state index is 0.414. The third kappa shape index (κ3) is 5.36. The van der Waals surface area contributed by atoms with Crippen molar-refractivity contribution in [3.63, 3.8) is 0 Å². The molecule has 0 amide bonds. The summed E-state index contributed by atoms with van der Waals surface area (Å²) in [5.41, 5.74) is 4.56. The van der Waals surface area contributed by atoms with Crippen LogP contribution in [-0.4, -0.2) is 29.3 Å². The largest absolute Gasteiger partial charge is 0.480 e. The van der Waals surface area contributed by atoms with E-state index in [0.717, 1.165) is 25.4 Å². The molecule has 0 aliphatic heterocycles. The normalized spacial score (nSPS) is 27.7. The van der Waals surface area contributed by atoms with Crippen LogP contribution in [0.5, 0.6) is 0 Å². The van der Waals surface area contributed by atoms with Gasteiger partial charge in [0.1, 0.15) is 5.54 Å². The number of carbonyl (C=O) groups is 1. The Hall–Kier alpha value is -0.610. The molecule has 3 N–H and O–H groups in total. The second kappa shape index (κ2) is 7.10. The van der Waals surface area contributed by atoms with Crippen molar-refractivity contribution >= 4 is 5.97 Å². The van der Waals surface area contributed by atoms with E-state index in [-0.39, 0.29) is 0 Å². The van der Waals surface area contributed by atoms with Gasteiger partial charge in [0.25, 0.3) is 0 Å². The highest BCUT2D eigenvalue weighted by atomic mass is 16.5. The highest BCUT2D eigenvalue weighted by Gasteiger charge is 2.26. The fourth-order valence-corrected chi connectivity index (χ4v) is 2.48. The minimum atomic E-state index is -1.10. The van der Waals surface area contributed by atoms with Crippen molar-refractivity contribution in [2.45, 2.75) is 70.4 Å². The molecule has 4 nitrogen and oxygen atoms in total. The van der Waals surface area contributed by atoms with Gasteiger partial charge in [-0.15, -0.1) is 0 Å². The SMILES string of the molecule is CC1CCCC(OCCCCC(C)(N)C(=O)O)C1. The fourth-order valence-electron chi connectivity index (χ4n) is 2.48. The van der Waals surface area contributed by atoms with Gasteiger partial charge in [-0.05, 0) is 44.9 Å². The molecule has 106 valence electrons. The molecule has 0 aromatic rings. The number of ether oxygens (including phenoxy) is 1. The average Bonchev–Trinajstić information content (AvgIpc) is 2.28. The Balaban J connectivity index is 2.06. The highest BCUT2D eigenvalue weighted by molar-refractivity contribution is 5.77. The molecule has 1 aliphatic rings. The third-order valence-corrected chi connectivity index (χ3v) is 3.82. The van der Waals surface area contributed by atoms with Crippen LogP contribution in [0.1, 0.15) is 58.8 Å². The summed E-state index contributed by atoms with van der Waals surface area (Å²) >= 11 is 0. The zero-order valence-corrected chi connectivity index (χ0v) is 11.7. The van der Waals surface area contributed by atoms with Crippen molar-refractivity contribution in [3.05, 3.63) is 0 Å². The number of carboxylic acids is 1.